The van der Waals surface area contributed by atoms with E-state index in [0.29, 0.717) is 24.7 Å². The van der Waals surface area contributed by atoms with Crippen molar-refractivity contribution in [2.24, 2.45) is 0 Å². The molecule has 0 unspecified atom stereocenters. The minimum Gasteiger partial charge on any atom is -0.492 e. The molecule has 0 saturated carbocycles. The van der Waals surface area contributed by atoms with E-state index in [9.17, 15) is 13.6 Å². The van der Waals surface area contributed by atoms with Gasteiger partial charge in [-0.1, -0.05) is 42.8 Å². The number of urea groups is 1. The molecule has 4 aromatic rings. The summed E-state index contributed by atoms with van der Waals surface area (Å²) in [5, 5.41) is 6.91. The maximum Gasteiger partial charge on any atom is 0.323 e. The Balaban J connectivity index is 1.18. The first-order chi connectivity index (χ1) is 19.0. The summed E-state index contributed by atoms with van der Waals surface area (Å²) in [5.41, 5.74) is 1.72. The molecule has 0 spiro atoms. The normalized spacial score (nSPS) is 13.7. The van der Waals surface area contributed by atoms with Gasteiger partial charge in [0.1, 0.15) is 24.7 Å². The zero-order chi connectivity index (χ0) is 27.0. The lowest BCUT2D eigenvalue weighted by Gasteiger charge is -2.26. The molecule has 0 aliphatic carbocycles. The van der Waals surface area contributed by atoms with Crippen molar-refractivity contribution in [1.29, 1.82) is 0 Å². The molecule has 5 rings (SSSR count). The van der Waals surface area contributed by atoms with Crippen LogP contribution in [-0.2, 0) is 6.61 Å². The Morgan fingerprint density at radius 2 is 1.56 bits per heavy atom. The summed E-state index contributed by atoms with van der Waals surface area (Å²) in [6.45, 7) is 4.34. The minimum absolute atomic E-state index is 0.147. The predicted octanol–water partition coefficient (Wildman–Crippen LogP) is 7.21. The molecule has 0 atom stereocenters. The summed E-state index contributed by atoms with van der Waals surface area (Å²) in [4.78, 5) is 15.0. The monoisotopic (exact) mass is 531 g/mol. The van der Waals surface area contributed by atoms with Crippen LogP contribution in [0.25, 0.3) is 10.8 Å². The standard InChI is InChI=1S/C31H31F2N3O3/c32-27-13-10-23(20-28(27)33)34-31(37)35-29-14-15-30(26-7-3-2-6-25(26)29)39-21-22-8-11-24(12-9-22)38-19-18-36-16-4-1-5-17-36/h2-3,6-15,20H,1,4-5,16-19,21H2,(H2,34,35,37). The summed E-state index contributed by atoms with van der Waals surface area (Å²) in [5.74, 6) is -0.484. The average molecular weight is 532 g/mol. The fraction of sp³-hybridized carbons (Fsp3) is 0.258. The second kappa shape index (κ2) is 12.6. The van der Waals surface area contributed by atoms with Crippen LogP contribution in [0, 0.1) is 11.6 Å². The second-order valence-electron chi connectivity index (χ2n) is 9.55. The van der Waals surface area contributed by atoms with Crippen molar-refractivity contribution in [2.75, 3.05) is 36.9 Å². The van der Waals surface area contributed by atoms with Gasteiger partial charge in [-0.3, -0.25) is 4.90 Å². The number of nitrogens with one attached hydrogen (secondary N) is 2. The van der Waals surface area contributed by atoms with Gasteiger partial charge in [0.2, 0.25) is 0 Å². The number of halogens is 2. The van der Waals surface area contributed by atoms with Crippen molar-refractivity contribution < 1.29 is 23.0 Å². The van der Waals surface area contributed by atoms with E-state index in [4.69, 9.17) is 9.47 Å². The van der Waals surface area contributed by atoms with Crippen LogP contribution in [-0.4, -0.2) is 37.2 Å². The van der Waals surface area contributed by atoms with Gasteiger partial charge in [0.05, 0.1) is 5.69 Å². The Morgan fingerprint density at radius 1 is 0.795 bits per heavy atom. The van der Waals surface area contributed by atoms with Crippen molar-refractivity contribution >= 4 is 28.2 Å². The number of nitrogens with zero attached hydrogens (tertiary/aromatic N) is 1. The van der Waals surface area contributed by atoms with E-state index >= 15 is 0 Å². The van der Waals surface area contributed by atoms with Gasteiger partial charge in [-0.05, 0) is 67.9 Å². The lowest BCUT2D eigenvalue weighted by molar-refractivity contribution is 0.183. The highest BCUT2D eigenvalue weighted by Crippen LogP contribution is 2.32. The Morgan fingerprint density at radius 3 is 2.33 bits per heavy atom. The van der Waals surface area contributed by atoms with E-state index in [1.54, 1.807) is 12.1 Å². The van der Waals surface area contributed by atoms with Crippen LogP contribution in [0.15, 0.2) is 78.9 Å². The number of hydrogen-bond donors (Lipinski definition) is 2. The summed E-state index contributed by atoms with van der Waals surface area (Å²) in [6.07, 6.45) is 3.88. The third-order valence-electron chi connectivity index (χ3n) is 6.75. The number of anilines is 2. The summed E-state index contributed by atoms with van der Waals surface area (Å²) >= 11 is 0. The third-order valence-corrected chi connectivity index (χ3v) is 6.75. The van der Waals surface area contributed by atoms with Gasteiger partial charge in [0.25, 0.3) is 0 Å². The van der Waals surface area contributed by atoms with Crippen LogP contribution in [0.1, 0.15) is 24.8 Å². The number of amides is 2. The Hall–Kier alpha value is -4.17. The number of likely N-dealkylation sites (tertiary alicyclic amines) is 1. The zero-order valence-electron chi connectivity index (χ0n) is 21.6. The maximum absolute atomic E-state index is 13.5. The quantitative estimate of drug-likeness (QED) is 0.240. The molecule has 0 aromatic heterocycles. The molecule has 0 bridgehead atoms. The number of ether oxygens (including phenoxy) is 2. The first-order valence-corrected chi connectivity index (χ1v) is 13.2. The number of fused-ring (bicyclic) bond motifs is 1. The molecular formula is C31H31F2N3O3. The van der Waals surface area contributed by atoms with Crippen LogP contribution in [0.3, 0.4) is 0 Å². The number of benzene rings is 4. The highest BCUT2D eigenvalue weighted by molar-refractivity contribution is 6.07. The molecule has 4 aromatic carbocycles. The van der Waals surface area contributed by atoms with Crippen LogP contribution < -0.4 is 20.1 Å². The average Bonchev–Trinajstić information content (AvgIpc) is 2.96. The van der Waals surface area contributed by atoms with Gasteiger partial charge in [0, 0.05) is 29.1 Å². The summed E-state index contributed by atoms with van der Waals surface area (Å²) in [7, 11) is 0. The molecule has 1 saturated heterocycles. The number of piperidine rings is 1. The third kappa shape index (κ3) is 7.03. The van der Waals surface area contributed by atoms with Gasteiger partial charge in [-0.25, -0.2) is 13.6 Å². The Labute approximate surface area is 226 Å². The largest absolute Gasteiger partial charge is 0.492 e. The molecule has 1 heterocycles. The topological polar surface area (TPSA) is 62.8 Å². The van der Waals surface area contributed by atoms with E-state index in [1.165, 1.54) is 25.3 Å². The molecule has 6 nitrogen and oxygen atoms in total. The van der Waals surface area contributed by atoms with Crippen LogP contribution in [0.5, 0.6) is 11.5 Å². The van der Waals surface area contributed by atoms with Crippen LogP contribution >= 0.6 is 0 Å². The van der Waals surface area contributed by atoms with E-state index in [-0.39, 0.29) is 5.69 Å². The fourth-order valence-corrected chi connectivity index (χ4v) is 4.68. The number of carbonyl (C=O) groups excluding carboxylic acids is 1. The molecule has 1 fully saturated rings. The van der Waals surface area contributed by atoms with E-state index < -0.39 is 17.7 Å². The summed E-state index contributed by atoms with van der Waals surface area (Å²) in [6, 6.07) is 21.7. The van der Waals surface area contributed by atoms with Crippen molar-refractivity contribution in [3.8, 4) is 11.5 Å². The van der Waals surface area contributed by atoms with Crippen molar-refractivity contribution in [1.82, 2.24) is 4.90 Å². The van der Waals surface area contributed by atoms with Crippen molar-refractivity contribution in [2.45, 2.75) is 25.9 Å². The SMILES string of the molecule is O=C(Nc1ccc(F)c(F)c1)Nc1ccc(OCc2ccc(OCCN3CCCCC3)cc2)c2ccccc12. The van der Waals surface area contributed by atoms with Gasteiger partial charge in [-0.15, -0.1) is 0 Å². The maximum atomic E-state index is 13.5. The Bertz CT molecular complexity index is 1420. The second-order valence-corrected chi connectivity index (χ2v) is 9.55. The molecule has 8 heteroatoms. The van der Waals surface area contributed by atoms with Gasteiger partial charge in [0.15, 0.2) is 11.6 Å². The fourth-order valence-electron chi connectivity index (χ4n) is 4.68. The smallest absolute Gasteiger partial charge is 0.323 e. The lowest BCUT2D eigenvalue weighted by atomic mass is 10.1. The van der Waals surface area contributed by atoms with Gasteiger partial charge < -0.3 is 20.1 Å². The number of hydrogen-bond acceptors (Lipinski definition) is 4. The molecule has 1 aliphatic rings. The van der Waals surface area contributed by atoms with Crippen molar-refractivity contribution in [3.05, 3.63) is 96.1 Å². The lowest BCUT2D eigenvalue weighted by Crippen LogP contribution is -2.33. The molecule has 2 amide bonds. The van der Waals surface area contributed by atoms with Gasteiger partial charge >= 0.3 is 6.03 Å². The molecule has 2 N–H and O–H groups in total. The van der Waals surface area contributed by atoms with Gasteiger partial charge in [-0.2, -0.15) is 0 Å². The zero-order valence-corrected chi connectivity index (χ0v) is 21.6. The van der Waals surface area contributed by atoms with E-state index in [1.807, 2.05) is 48.5 Å². The highest BCUT2D eigenvalue weighted by atomic mass is 19.2. The molecule has 202 valence electrons. The summed E-state index contributed by atoms with van der Waals surface area (Å²) < 4.78 is 38.7. The predicted molar refractivity (Wildman–Crippen MR) is 150 cm³/mol. The number of rotatable bonds is 9. The molecule has 0 radical (unpaired) electrons. The first kappa shape index (κ1) is 26.4. The van der Waals surface area contributed by atoms with Crippen LogP contribution in [0.2, 0.25) is 0 Å². The highest BCUT2D eigenvalue weighted by Gasteiger charge is 2.12. The molecule has 39 heavy (non-hydrogen) atoms. The first-order valence-electron chi connectivity index (χ1n) is 13.2. The van der Waals surface area contributed by atoms with Crippen molar-refractivity contribution in [3.63, 3.8) is 0 Å². The van der Waals surface area contributed by atoms with E-state index in [2.05, 4.69) is 15.5 Å². The molecular weight excluding hydrogens is 500 g/mol. The minimum atomic E-state index is -1.03. The molecule has 1 aliphatic heterocycles. The van der Waals surface area contributed by atoms with E-state index in [0.717, 1.165) is 53.9 Å². The van der Waals surface area contributed by atoms with Crippen LogP contribution in [0.4, 0.5) is 25.0 Å². The number of carbonyl (C=O) groups is 1. The Kier molecular flexibility index (Phi) is 8.53.